The topological polar surface area (TPSA) is 29.5 Å². The third-order valence-electron chi connectivity index (χ3n) is 6.90. The number of halogens is 1. The first kappa shape index (κ1) is 23.7. The molecule has 2 unspecified atom stereocenters. The zero-order valence-corrected chi connectivity index (χ0v) is 20.1. The third-order valence-corrected chi connectivity index (χ3v) is 6.90. The molecule has 0 aromatic heterocycles. The van der Waals surface area contributed by atoms with E-state index in [2.05, 4.69) is 36.4 Å². The Balaban J connectivity index is 1.67. The van der Waals surface area contributed by atoms with Gasteiger partial charge in [0, 0.05) is 25.1 Å². The molecule has 0 bridgehead atoms. The lowest BCUT2D eigenvalue weighted by atomic mass is 9.69. The van der Waals surface area contributed by atoms with Crippen LogP contribution in [0.1, 0.15) is 59.9 Å². The molecule has 2 atom stereocenters. The smallest absolute Gasteiger partial charge is 0.246 e. The number of likely N-dealkylation sites (N-methyl/N-ethyl adjacent to an activating group) is 1. The number of hydrogen-bond acceptors (Lipinski definition) is 2. The Morgan fingerprint density at radius 2 is 1.68 bits per heavy atom. The fourth-order valence-corrected chi connectivity index (χ4v) is 5.03. The number of rotatable bonds is 7. The van der Waals surface area contributed by atoms with Crippen LogP contribution in [-0.4, -0.2) is 31.0 Å². The van der Waals surface area contributed by atoms with Gasteiger partial charge in [-0.2, -0.15) is 0 Å². The largest absolute Gasteiger partial charge is 0.497 e. The molecule has 34 heavy (non-hydrogen) atoms. The average molecular weight is 458 g/mol. The molecule has 4 rings (SSSR count). The Bertz CT molecular complexity index is 1150. The van der Waals surface area contributed by atoms with Crippen molar-refractivity contribution in [3.8, 4) is 5.75 Å². The van der Waals surface area contributed by atoms with Gasteiger partial charge in [-0.3, -0.25) is 4.79 Å². The van der Waals surface area contributed by atoms with Crippen molar-refractivity contribution in [3.63, 3.8) is 0 Å². The quantitative estimate of drug-likeness (QED) is 0.375. The summed E-state index contributed by atoms with van der Waals surface area (Å²) in [5, 5.41) is 0. The van der Waals surface area contributed by atoms with Crippen LogP contribution < -0.4 is 4.74 Å². The zero-order chi connectivity index (χ0) is 24.1. The number of amides is 1. The first-order valence-electron chi connectivity index (χ1n) is 12.0. The number of hydrogen-bond donors (Lipinski definition) is 0. The fraction of sp³-hybridized carbons (Fsp3) is 0.300. The molecule has 0 saturated heterocycles. The van der Waals surface area contributed by atoms with Gasteiger partial charge in [0.15, 0.2) is 0 Å². The molecular weight excluding hydrogens is 425 g/mol. The summed E-state index contributed by atoms with van der Waals surface area (Å²) in [6.45, 7) is 5.38. The molecule has 0 spiro atoms. The predicted molar refractivity (Wildman–Crippen MR) is 136 cm³/mol. The number of carbonyl (C=O) groups excluding carboxylic acids is 1. The van der Waals surface area contributed by atoms with E-state index in [9.17, 15) is 9.18 Å². The van der Waals surface area contributed by atoms with Crippen molar-refractivity contribution in [3.05, 3.63) is 106 Å². The fourth-order valence-electron chi connectivity index (χ4n) is 5.03. The lowest BCUT2D eigenvalue weighted by Crippen LogP contribution is -2.28. The van der Waals surface area contributed by atoms with Crippen LogP contribution in [0.5, 0.6) is 5.75 Å². The maximum Gasteiger partial charge on any atom is 0.246 e. The van der Waals surface area contributed by atoms with E-state index in [1.165, 1.54) is 16.7 Å². The lowest BCUT2D eigenvalue weighted by Gasteiger charge is -2.35. The van der Waals surface area contributed by atoms with Crippen LogP contribution in [-0.2, 0) is 11.2 Å². The number of methoxy groups -OCH3 is 1. The molecule has 3 aromatic rings. The molecule has 0 heterocycles. The van der Waals surface area contributed by atoms with Crippen molar-refractivity contribution in [1.82, 2.24) is 4.90 Å². The summed E-state index contributed by atoms with van der Waals surface area (Å²) in [6.07, 6.45) is 5.46. The van der Waals surface area contributed by atoms with Crippen LogP contribution in [0.2, 0.25) is 0 Å². The first-order chi connectivity index (χ1) is 16.5. The van der Waals surface area contributed by atoms with E-state index in [1.54, 1.807) is 30.2 Å². The van der Waals surface area contributed by atoms with E-state index in [0.29, 0.717) is 13.1 Å². The number of fused-ring (bicyclic) bond motifs is 1. The summed E-state index contributed by atoms with van der Waals surface area (Å²) < 4.78 is 19.1. The van der Waals surface area contributed by atoms with Crippen LogP contribution >= 0.6 is 0 Å². The molecule has 3 nitrogen and oxygen atoms in total. The molecule has 0 radical (unpaired) electrons. The molecule has 1 aliphatic rings. The Hall–Kier alpha value is -3.40. The van der Waals surface area contributed by atoms with Crippen LogP contribution in [0.4, 0.5) is 4.39 Å². The van der Waals surface area contributed by atoms with E-state index in [1.807, 2.05) is 38.1 Å². The van der Waals surface area contributed by atoms with Gasteiger partial charge in [0.1, 0.15) is 11.6 Å². The minimum absolute atomic E-state index is 0.0283. The molecular formula is C30H32FNO2. The van der Waals surface area contributed by atoms with Crippen molar-refractivity contribution in [2.45, 2.75) is 38.5 Å². The van der Waals surface area contributed by atoms with Crippen LogP contribution in [0.15, 0.2) is 72.8 Å². The summed E-state index contributed by atoms with van der Waals surface area (Å²) >= 11 is 0. The van der Waals surface area contributed by atoms with E-state index in [-0.39, 0.29) is 23.6 Å². The second-order valence-corrected chi connectivity index (χ2v) is 8.75. The zero-order valence-electron chi connectivity index (χ0n) is 20.1. The van der Waals surface area contributed by atoms with Gasteiger partial charge in [0.2, 0.25) is 5.91 Å². The molecule has 0 saturated carbocycles. The van der Waals surface area contributed by atoms with Gasteiger partial charge in [0.05, 0.1) is 7.11 Å². The van der Waals surface area contributed by atoms with Crippen molar-refractivity contribution >= 4 is 12.0 Å². The second-order valence-electron chi connectivity index (χ2n) is 8.75. The molecule has 3 aromatic carbocycles. The van der Waals surface area contributed by atoms with Gasteiger partial charge in [-0.15, -0.1) is 0 Å². The third kappa shape index (κ3) is 5.06. The number of aryl methyl sites for hydroxylation is 1. The van der Waals surface area contributed by atoms with Gasteiger partial charge in [-0.05, 0) is 90.8 Å². The summed E-state index contributed by atoms with van der Waals surface area (Å²) in [7, 11) is 1.70. The van der Waals surface area contributed by atoms with Crippen molar-refractivity contribution in [1.29, 1.82) is 0 Å². The lowest BCUT2D eigenvalue weighted by molar-refractivity contribution is -0.125. The highest BCUT2D eigenvalue weighted by molar-refractivity contribution is 5.91. The number of carbonyl (C=O) groups is 1. The second kappa shape index (κ2) is 10.7. The first-order valence-corrected chi connectivity index (χ1v) is 12.0. The Morgan fingerprint density at radius 1 is 1.00 bits per heavy atom. The van der Waals surface area contributed by atoms with Gasteiger partial charge < -0.3 is 9.64 Å². The van der Waals surface area contributed by atoms with Crippen LogP contribution in [0.25, 0.3) is 6.08 Å². The van der Waals surface area contributed by atoms with Gasteiger partial charge in [0.25, 0.3) is 0 Å². The van der Waals surface area contributed by atoms with E-state index in [4.69, 9.17) is 4.74 Å². The molecule has 0 N–H and O–H groups in total. The number of ether oxygens (including phenoxy) is 1. The Morgan fingerprint density at radius 3 is 2.32 bits per heavy atom. The Kier molecular flexibility index (Phi) is 7.46. The van der Waals surface area contributed by atoms with Gasteiger partial charge >= 0.3 is 0 Å². The molecule has 176 valence electrons. The van der Waals surface area contributed by atoms with Gasteiger partial charge in [-0.25, -0.2) is 4.39 Å². The molecule has 1 aliphatic carbocycles. The highest BCUT2D eigenvalue weighted by Gasteiger charge is 2.32. The number of benzene rings is 3. The standard InChI is InChI=1S/C30H32FNO2/c1-4-32(5-2)29(33)19-8-21-6-9-23(10-7-21)30-27(22-11-14-25(31)15-12-22)17-13-24-20-26(34-3)16-18-28(24)30/h6-12,14-16,18-20,27,30H,4-5,13,17H2,1-3H3/b19-8-. The summed E-state index contributed by atoms with van der Waals surface area (Å²) in [6, 6.07) is 21.7. The van der Waals surface area contributed by atoms with Crippen molar-refractivity contribution < 1.29 is 13.9 Å². The summed E-state index contributed by atoms with van der Waals surface area (Å²) in [5.74, 6) is 1.11. The highest BCUT2D eigenvalue weighted by atomic mass is 19.1. The minimum atomic E-state index is -0.211. The van der Waals surface area contributed by atoms with Crippen LogP contribution in [0, 0.1) is 5.82 Å². The molecule has 0 fully saturated rings. The average Bonchev–Trinajstić information content (AvgIpc) is 2.88. The van der Waals surface area contributed by atoms with Crippen molar-refractivity contribution in [2.24, 2.45) is 0 Å². The molecule has 4 heteroatoms. The van der Waals surface area contributed by atoms with Gasteiger partial charge in [-0.1, -0.05) is 42.5 Å². The SMILES string of the molecule is CCN(CC)C(=O)/C=C\c1ccc(C2c3ccc(OC)cc3CCC2c2ccc(F)cc2)cc1. The monoisotopic (exact) mass is 457 g/mol. The van der Waals surface area contributed by atoms with Crippen molar-refractivity contribution in [2.75, 3.05) is 20.2 Å². The highest BCUT2D eigenvalue weighted by Crippen LogP contribution is 2.47. The number of nitrogens with zero attached hydrogens (tertiary/aromatic N) is 1. The minimum Gasteiger partial charge on any atom is -0.497 e. The van der Waals surface area contributed by atoms with E-state index < -0.39 is 0 Å². The maximum absolute atomic E-state index is 13.6. The summed E-state index contributed by atoms with van der Waals surface area (Å²) in [4.78, 5) is 14.1. The maximum atomic E-state index is 13.6. The normalized spacial score (nSPS) is 17.4. The molecule has 1 amide bonds. The van der Waals surface area contributed by atoms with E-state index >= 15 is 0 Å². The summed E-state index contributed by atoms with van der Waals surface area (Å²) in [5.41, 5.74) is 5.96. The van der Waals surface area contributed by atoms with Crippen LogP contribution in [0.3, 0.4) is 0 Å². The van der Waals surface area contributed by atoms with E-state index in [0.717, 1.165) is 29.7 Å². The Labute approximate surface area is 201 Å². The molecule has 0 aliphatic heterocycles. The predicted octanol–water partition coefficient (Wildman–Crippen LogP) is 6.58.